The zero-order chi connectivity index (χ0) is 18.6. The number of sulfone groups is 1. The lowest BCUT2D eigenvalue weighted by atomic mass is 10.1. The van der Waals surface area contributed by atoms with E-state index in [2.05, 4.69) is 4.98 Å². The van der Waals surface area contributed by atoms with Crippen molar-refractivity contribution in [3.8, 4) is 0 Å². The summed E-state index contributed by atoms with van der Waals surface area (Å²) in [5, 5.41) is 2.13. The van der Waals surface area contributed by atoms with Gasteiger partial charge in [-0.2, -0.15) is 4.98 Å². The first-order chi connectivity index (χ1) is 12.3. The van der Waals surface area contributed by atoms with Crippen LogP contribution in [-0.2, 0) is 9.84 Å². The maximum absolute atomic E-state index is 12.9. The highest BCUT2D eigenvalue weighted by molar-refractivity contribution is 7.93. The summed E-state index contributed by atoms with van der Waals surface area (Å²) in [5.74, 6) is -0.197. The molecule has 0 aliphatic heterocycles. The zero-order valence-electron chi connectivity index (χ0n) is 13.9. The van der Waals surface area contributed by atoms with Crippen LogP contribution in [0.4, 0.5) is 5.82 Å². The van der Waals surface area contributed by atoms with Crippen LogP contribution in [0.2, 0.25) is 0 Å². The Balaban J connectivity index is 2.09. The van der Waals surface area contributed by atoms with Crippen LogP contribution in [0.15, 0.2) is 54.0 Å². The van der Waals surface area contributed by atoms with Gasteiger partial charge in [0.2, 0.25) is 21.0 Å². The van der Waals surface area contributed by atoms with Gasteiger partial charge in [0.1, 0.15) is 20.5 Å². The number of hydrogen-bond donors (Lipinski definition) is 1. The summed E-state index contributed by atoms with van der Waals surface area (Å²) in [6, 6.07) is 7.88. The van der Waals surface area contributed by atoms with Gasteiger partial charge < -0.3 is 10.2 Å². The van der Waals surface area contributed by atoms with E-state index in [0.717, 1.165) is 22.5 Å². The summed E-state index contributed by atoms with van der Waals surface area (Å²) < 4.78 is 31.4. The van der Waals surface area contributed by atoms with Crippen LogP contribution in [0.3, 0.4) is 0 Å². The van der Waals surface area contributed by atoms with Gasteiger partial charge in [0.25, 0.3) is 0 Å². The Bertz CT molecular complexity index is 1340. The highest BCUT2D eigenvalue weighted by atomic mass is 32.2. The standard InChI is InChI=1S/C18H14N2O4S2/c1-9-6-11-13(7-10(9)2)24-18-12(16(11)21)8-14(17(19)20-18)26(22,23)15-4-3-5-25-15/h3-8H,1-2H3,(H2,19,20). The molecule has 0 unspecified atom stereocenters. The Morgan fingerprint density at radius 2 is 1.85 bits per heavy atom. The lowest BCUT2D eigenvalue weighted by Gasteiger charge is -2.08. The third-order valence-electron chi connectivity index (χ3n) is 4.32. The molecule has 3 heterocycles. The van der Waals surface area contributed by atoms with Crippen molar-refractivity contribution in [3.63, 3.8) is 0 Å². The van der Waals surface area contributed by atoms with E-state index in [1.807, 2.05) is 13.8 Å². The SMILES string of the molecule is Cc1cc2oc3nc(N)c(S(=O)(=O)c4cccs4)cc3c(=O)c2cc1C. The van der Waals surface area contributed by atoms with Crippen molar-refractivity contribution in [2.45, 2.75) is 23.0 Å². The lowest BCUT2D eigenvalue weighted by molar-refractivity contribution is 0.598. The molecule has 0 atom stereocenters. The van der Waals surface area contributed by atoms with E-state index in [4.69, 9.17) is 10.2 Å². The van der Waals surface area contributed by atoms with Gasteiger partial charge in [0.05, 0.1) is 10.8 Å². The van der Waals surface area contributed by atoms with Crippen LogP contribution in [0.1, 0.15) is 11.1 Å². The second kappa shape index (κ2) is 5.65. The lowest BCUT2D eigenvalue weighted by Crippen LogP contribution is -2.10. The van der Waals surface area contributed by atoms with Gasteiger partial charge in [-0.05, 0) is 54.6 Å². The predicted molar refractivity (Wildman–Crippen MR) is 101 cm³/mol. The number of aromatic nitrogens is 1. The number of fused-ring (bicyclic) bond motifs is 2. The van der Waals surface area contributed by atoms with Gasteiger partial charge in [0.15, 0.2) is 0 Å². The number of rotatable bonds is 2. The summed E-state index contributed by atoms with van der Waals surface area (Å²) in [5.41, 5.74) is 7.88. The monoisotopic (exact) mass is 386 g/mol. The maximum Gasteiger partial charge on any atom is 0.232 e. The first-order valence-electron chi connectivity index (χ1n) is 7.72. The summed E-state index contributed by atoms with van der Waals surface area (Å²) in [4.78, 5) is 16.8. The zero-order valence-corrected chi connectivity index (χ0v) is 15.6. The van der Waals surface area contributed by atoms with Crippen molar-refractivity contribution in [2.24, 2.45) is 0 Å². The molecule has 4 aromatic rings. The summed E-state index contributed by atoms with van der Waals surface area (Å²) in [6.07, 6.45) is 0. The predicted octanol–water partition coefficient (Wildman–Crippen LogP) is 3.43. The largest absolute Gasteiger partial charge is 0.437 e. The fourth-order valence-electron chi connectivity index (χ4n) is 2.77. The van der Waals surface area contributed by atoms with Crippen LogP contribution in [-0.4, -0.2) is 13.4 Å². The number of nitrogens with two attached hydrogens (primary N) is 1. The van der Waals surface area contributed by atoms with Crippen LogP contribution in [0.25, 0.3) is 22.1 Å². The minimum absolute atomic E-state index is 0.0217. The molecular formula is C18H14N2O4S2. The van der Waals surface area contributed by atoms with Gasteiger partial charge in [0, 0.05) is 0 Å². The van der Waals surface area contributed by atoms with Crippen molar-refractivity contribution in [1.29, 1.82) is 0 Å². The van der Waals surface area contributed by atoms with Crippen molar-refractivity contribution in [1.82, 2.24) is 4.98 Å². The van der Waals surface area contributed by atoms with Crippen LogP contribution >= 0.6 is 11.3 Å². The number of hydrogen-bond acceptors (Lipinski definition) is 7. The number of aryl methyl sites for hydroxylation is 2. The fraction of sp³-hybridized carbons (Fsp3) is 0.111. The molecule has 0 aliphatic carbocycles. The molecule has 2 N–H and O–H groups in total. The van der Waals surface area contributed by atoms with Crippen LogP contribution < -0.4 is 11.2 Å². The molecule has 0 spiro atoms. The van der Waals surface area contributed by atoms with Crippen molar-refractivity contribution < 1.29 is 12.8 Å². The Hall–Kier alpha value is -2.71. The molecule has 3 aromatic heterocycles. The van der Waals surface area contributed by atoms with E-state index in [0.29, 0.717) is 11.0 Å². The average Bonchev–Trinajstić information content (AvgIpc) is 3.12. The first kappa shape index (κ1) is 16.7. The fourth-order valence-corrected chi connectivity index (χ4v) is 5.23. The van der Waals surface area contributed by atoms with Crippen LogP contribution in [0, 0.1) is 13.8 Å². The molecule has 8 heteroatoms. The second-order valence-electron chi connectivity index (χ2n) is 6.02. The summed E-state index contributed by atoms with van der Waals surface area (Å²) in [7, 11) is -3.85. The molecule has 0 saturated carbocycles. The Morgan fingerprint density at radius 1 is 1.12 bits per heavy atom. The van der Waals surface area contributed by atoms with E-state index in [9.17, 15) is 13.2 Å². The number of nitrogen functional groups attached to an aromatic ring is 1. The van der Waals surface area contributed by atoms with Crippen molar-refractivity contribution in [2.75, 3.05) is 5.73 Å². The highest BCUT2D eigenvalue weighted by Crippen LogP contribution is 2.30. The molecule has 132 valence electrons. The number of benzene rings is 1. The Kier molecular flexibility index (Phi) is 3.64. The first-order valence-corrected chi connectivity index (χ1v) is 10.1. The van der Waals surface area contributed by atoms with E-state index in [1.165, 1.54) is 12.1 Å². The molecule has 26 heavy (non-hydrogen) atoms. The molecule has 0 saturated heterocycles. The summed E-state index contributed by atoms with van der Waals surface area (Å²) >= 11 is 1.08. The molecule has 0 bridgehead atoms. The molecule has 0 aliphatic rings. The van der Waals surface area contributed by atoms with E-state index in [-0.39, 0.29) is 31.5 Å². The minimum atomic E-state index is -3.85. The van der Waals surface area contributed by atoms with E-state index in [1.54, 1.807) is 23.6 Å². The highest BCUT2D eigenvalue weighted by Gasteiger charge is 2.24. The topological polar surface area (TPSA) is 103 Å². The third-order valence-corrected chi connectivity index (χ3v) is 7.50. The normalized spacial score (nSPS) is 12.1. The Morgan fingerprint density at radius 3 is 2.54 bits per heavy atom. The number of pyridine rings is 1. The quantitative estimate of drug-likeness (QED) is 0.529. The molecule has 0 fully saturated rings. The van der Waals surface area contributed by atoms with E-state index >= 15 is 0 Å². The average molecular weight is 386 g/mol. The maximum atomic E-state index is 12.9. The van der Waals surface area contributed by atoms with Gasteiger partial charge in [-0.1, -0.05) is 6.07 Å². The van der Waals surface area contributed by atoms with E-state index < -0.39 is 9.84 Å². The number of nitrogens with zero attached hydrogens (tertiary/aromatic N) is 1. The molecule has 0 amide bonds. The smallest absolute Gasteiger partial charge is 0.232 e. The van der Waals surface area contributed by atoms with Gasteiger partial charge in [-0.3, -0.25) is 4.79 Å². The van der Waals surface area contributed by atoms with Gasteiger partial charge >= 0.3 is 0 Å². The third kappa shape index (κ3) is 2.41. The van der Waals surface area contributed by atoms with Gasteiger partial charge in [-0.25, -0.2) is 8.42 Å². The number of anilines is 1. The second-order valence-corrected chi connectivity index (χ2v) is 9.12. The van der Waals surface area contributed by atoms with Crippen molar-refractivity contribution >= 4 is 49.1 Å². The molecule has 6 nitrogen and oxygen atoms in total. The van der Waals surface area contributed by atoms with Crippen LogP contribution in [0.5, 0.6) is 0 Å². The van der Waals surface area contributed by atoms with Crippen molar-refractivity contribution in [3.05, 3.63) is 57.1 Å². The Labute approximate surface area is 152 Å². The number of thiophene rings is 1. The summed E-state index contributed by atoms with van der Waals surface area (Å²) in [6.45, 7) is 3.81. The minimum Gasteiger partial charge on any atom is -0.437 e. The molecule has 1 aromatic carbocycles. The van der Waals surface area contributed by atoms with Gasteiger partial charge in [-0.15, -0.1) is 11.3 Å². The molecule has 4 rings (SSSR count). The molecule has 0 radical (unpaired) electrons. The molecular weight excluding hydrogens is 372 g/mol.